The zero-order valence-corrected chi connectivity index (χ0v) is 7.18. The topological polar surface area (TPSA) is 54.4 Å². The molecular formula is C6H8Cl2O3. The molecule has 11 heavy (non-hydrogen) atoms. The van der Waals surface area contributed by atoms with Crippen LogP contribution in [0.4, 0.5) is 0 Å². The third-order valence-electron chi connectivity index (χ3n) is 1.22. The van der Waals surface area contributed by atoms with Crippen molar-refractivity contribution < 1.29 is 14.7 Å². The van der Waals surface area contributed by atoms with Gasteiger partial charge in [0.05, 0.1) is 5.92 Å². The lowest BCUT2D eigenvalue weighted by atomic mass is 10.1. The summed E-state index contributed by atoms with van der Waals surface area (Å²) in [5.74, 6) is -1.91. The van der Waals surface area contributed by atoms with E-state index in [0.29, 0.717) is 6.29 Å². The van der Waals surface area contributed by atoms with Crippen LogP contribution in [0.3, 0.4) is 0 Å². The fraction of sp³-hybridized carbons (Fsp3) is 0.667. The Balaban J connectivity index is 3.89. The Kier molecular flexibility index (Phi) is 5.24. The quantitative estimate of drug-likeness (QED) is 0.538. The van der Waals surface area contributed by atoms with Crippen LogP contribution in [-0.2, 0) is 9.59 Å². The van der Waals surface area contributed by atoms with Gasteiger partial charge >= 0.3 is 5.97 Å². The zero-order chi connectivity index (χ0) is 8.85. The van der Waals surface area contributed by atoms with E-state index in [1.54, 1.807) is 0 Å². The third-order valence-corrected chi connectivity index (χ3v) is 1.83. The summed E-state index contributed by atoms with van der Waals surface area (Å²) in [5, 5.41) is 8.49. The van der Waals surface area contributed by atoms with Crippen LogP contribution in [0.25, 0.3) is 0 Å². The Morgan fingerprint density at radius 3 is 2.36 bits per heavy atom. The molecule has 0 aliphatic heterocycles. The van der Waals surface area contributed by atoms with Gasteiger partial charge < -0.3 is 9.90 Å². The van der Waals surface area contributed by atoms with Gasteiger partial charge in [-0.3, -0.25) is 4.79 Å². The predicted molar refractivity (Wildman–Crippen MR) is 41.9 cm³/mol. The highest BCUT2D eigenvalue weighted by atomic mass is 35.5. The number of hydrogen-bond donors (Lipinski definition) is 1. The van der Waals surface area contributed by atoms with E-state index in [2.05, 4.69) is 0 Å². The van der Waals surface area contributed by atoms with Gasteiger partial charge in [0.15, 0.2) is 0 Å². The van der Waals surface area contributed by atoms with Gasteiger partial charge in [-0.15, -0.1) is 23.2 Å². The van der Waals surface area contributed by atoms with Crippen molar-refractivity contribution in [2.45, 2.75) is 17.7 Å². The fourth-order valence-corrected chi connectivity index (χ4v) is 1.07. The summed E-state index contributed by atoms with van der Waals surface area (Å²) in [4.78, 5) is 19.3. The molecule has 0 aliphatic carbocycles. The second-order valence-corrected chi connectivity index (χ2v) is 3.19. The first-order valence-corrected chi connectivity index (χ1v) is 3.91. The molecule has 64 valence electrons. The number of halogens is 2. The lowest BCUT2D eigenvalue weighted by Gasteiger charge is -2.09. The van der Waals surface area contributed by atoms with Crippen LogP contribution in [0, 0.1) is 5.92 Å². The van der Waals surface area contributed by atoms with Crippen molar-refractivity contribution in [2.75, 3.05) is 0 Å². The Hall–Kier alpha value is -0.280. The number of carbonyl (C=O) groups is 2. The number of carboxylic acid groups (broad SMARTS) is 1. The van der Waals surface area contributed by atoms with Crippen molar-refractivity contribution >= 4 is 35.5 Å². The second kappa shape index (κ2) is 5.38. The molecule has 0 fully saturated rings. The molecule has 5 heteroatoms. The highest BCUT2D eigenvalue weighted by Gasteiger charge is 2.23. The molecule has 0 aromatic heterocycles. The minimum atomic E-state index is -1.07. The van der Waals surface area contributed by atoms with Gasteiger partial charge in [0.1, 0.15) is 11.1 Å². The van der Waals surface area contributed by atoms with E-state index in [1.165, 1.54) is 0 Å². The molecule has 0 heterocycles. The molecule has 0 saturated carbocycles. The Bertz CT molecular complexity index is 147. The summed E-state index contributed by atoms with van der Waals surface area (Å²) in [6, 6.07) is 0. The molecular weight excluding hydrogens is 191 g/mol. The lowest BCUT2D eigenvalue weighted by molar-refractivity contribution is -0.141. The molecule has 0 bridgehead atoms. The number of carboxylic acids is 1. The summed E-state index contributed by atoms with van der Waals surface area (Å²) in [7, 11) is 0. The lowest BCUT2D eigenvalue weighted by Crippen LogP contribution is -2.20. The van der Waals surface area contributed by atoms with Gasteiger partial charge in [-0.25, -0.2) is 0 Å². The smallest absolute Gasteiger partial charge is 0.309 e. The molecule has 0 spiro atoms. The van der Waals surface area contributed by atoms with Gasteiger partial charge in [0.25, 0.3) is 0 Å². The number of carbonyl (C=O) groups excluding carboxylic acids is 1. The summed E-state index contributed by atoms with van der Waals surface area (Å²) < 4.78 is 0. The van der Waals surface area contributed by atoms with Crippen molar-refractivity contribution in [2.24, 2.45) is 5.92 Å². The van der Waals surface area contributed by atoms with E-state index >= 15 is 0 Å². The van der Waals surface area contributed by atoms with Gasteiger partial charge in [0, 0.05) is 6.42 Å². The van der Waals surface area contributed by atoms with Gasteiger partial charge in [-0.2, -0.15) is 0 Å². The minimum absolute atomic E-state index is 0.174. The Morgan fingerprint density at radius 2 is 2.09 bits per heavy atom. The molecule has 1 atom stereocenters. The summed E-state index contributed by atoms with van der Waals surface area (Å²) in [5.41, 5.74) is 0. The largest absolute Gasteiger partial charge is 0.481 e. The maximum atomic E-state index is 10.4. The summed E-state index contributed by atoms with van der Waals surface area (Å²) in [6.45, 7) is 0. The van der Waals surface area contributed by atoms with E-state index in [-0.39, 0.29) is 12.8 Å². The summed E-state index contributed by atoms with van der Waals surface area (Å²) in [6.07, 6.45) is 1.01. The van der Waals surface area contributed by atoms with E-state index in [1.807, 2.05) is 0 Å². The zero-order valence-electron chi connectivity index (χ0n) is 5.67. The van der Waals surface area contributed by atoms with E-state index in [0.717, 1.165) is 0 Å². The van der Waals surface area contributed by atoms with Crippen LogP contribution in [0.15, 0.2) is 0 Å². The molecule has 0 aromatic carbocycles. The first kappa shape index (κ1) is 10.7. The van der Waals surface area contributed by atoms with Crippen LogP contribution in [0.2, 0.25) is 0 Å². The van der Waals surface area contributed by atoms with Crippen LogP contribution in [-0.4, -0.2) is 22.2 Å². The average molecular weight is 199 g/mol. The molecule has 3 nitrogen and oxygen atoms in total. The molecule has 0 radical (unpaired) electrons. The van der Waals surface area contributed by atoms with Crippen LogP contribution >= 0.6 is 23.2 Å². The SMILES string of the molecule is O=CCCC(C(=O)O)C(Cl)Cl. The van der Waals surface area contributed by atoms with E-state index in [9.17, 15) is 9.59 Å². The van der Waals surface area contributed by atoms with Gasteiger partial charge in [0.2, 0.25) is 0 Å². The average Bonchev–Trinajstić information content (AvgIpc) is 1.87. The van der Waals surface area contributed by atoms with Crippen molar-refractivity contribution in [3.63, 3.8) is 0 Å². The van der Waals surface area contributed by atoms with E-state index < -0.39 is 16.7 Å². The first-order chi connectivity index (χ1) is 5.09. The first-order valence-electron chi connectivity index (χ1n) is 3.04. The third kappa shape index (κ3) is 4.22. The van der Waals surface area contributed by atoms with Crippen molar-refractivity contribution in [1.82, 2.24) is 0 Å². The van der Waals surface area contributed by atoms with Crippen molar-refractivity contribution in [3.05, 3.63) is 0 Å². The van der Waals surface area contributed by atoms with E-state index in [4.69, 9.17) is 28.3 Å². The van der Waals surface area contributed by atoms with Gasteiger partial charge in [-0.05, 0) is 6.42 Å². The standard InChI is InChI=1S/C6H8Cl2O3/c7-5(8)4(6(10)11)2-1-3-9/h3-5H,1-2H2,(H,10,11). The van der Waals surface area contributed by atoms with Gasteiger partial charge in [-0.1, -0.05) is 0 Å². The highest BCUT2D eigenvalue weighted by Crippen LogP contribution is 2.19. The highest BCUT2D eigenvalue weighted by molar-refractivity contribution is 6.45. The van der Waals surface area contributed by atoms with Crippen LogP contribution in [0.1, 0.15) is 12.8 Å². The molecule has 0 aromatic rings. The maximum Gasteiger partial charge on any atom is 0.309 e. The van der Waals surface area contributed by atoms with Crippen LogP contribution < -0.4 is 0 Å². The molecule has 0 aliphatic rings. The molecule has 0 amide bonds. The number of hydrogen-bond acceptors (Lipinski definition) is 2. The molecule has 1 N–H and O–H groups in total. The monoisotopic (exact) mass is 198 g/mol. The maximum absolute atomic E-state index is 10.4. The molecule has 0 rings (SSSR count). The Labute approximate surface area is 74.3 Å². The summed E-state index contributed by atoms with van der Waals surface area (Å²) >= 11 is 10.7. The fourth-order valence-electron chi connectivity index (χ4n) is 0.605. The Morgan fingerprint density at radius 1 is 1.55 bits per heavy atom. The number of alkyl halides is 2. The van der Waals surface area contributed by atoms with Crippen molar-refractivity contribution in [3.8, 4) is 0 Å². The van der Waals surface area contributed by atoms with Crippen molar-refractivity contribution in [1.29, 1.82) is 0 Å². The number of aldehydes is 1. The normalized spacial score (nSPS) is 13.0. The number of aliphatic carboxylic acids is 1. The van der Waals surface area contributed by atoms with Crippen LogP contribution in [0.5, 0.6) is 0 Å². The molecule has 1 unspecified atom stereocenters. The molecule has 0 saturated heterocycles. The minimum Gasteiger partial charge on any atom is -0.481 e. The number of rotatable bonds is 5. The second-order valence-electron chi connectivity index (χ2n) is 2.02. The predicted octanol–water partition coefficient (Wildman–Crippen LogP) is 1.47.